The van der Waals surface area contributed by atoms with Crippen LogP contribution in [0.3, 0.4) is 0 Å². The summed E-state index contributed by atoms with van der Waals surface area (Å²) in [7, 11) is 0. The topological polar surface area (TPSA) is 55.9 Å². The van der Waals surface area contributed by atoms with Crippen LogP contribution < -0.4 is 5.32 Å². The molecule has 1 aliphatic rings. The summed E-state index contributed by atoms with van der Waals surface area (Å²) in [6, 6.07) is 10.6. The molecule has 0 amide bonds. The predicted molar refractivity (Wildman–Crippen MR) is 87.8 cm³/mol. The smallest absolute Gasteiger partial charge is 0.134 e. The molecule has 0 saturated carbocycles. The molecule has 1 aliphatic heterocycles. The molecule has 6 heteroatoms. The highest BCUT2D eigenvalue weighted by molar-refractivity contribution is 5.57. The van der Waals surface area contributed by atoms with Crippen molar-refractivity contribution < 1.29 is 8.81 Å². The predicted octanol–water partition coefficient (Wildman–Crippen LogP) is 3.09. The molecule has 1 N–H and O–H groups in total. The third-order valence-electron chi connectivity index (χ3n) is 4.49. The minimum absolute atomic E-state index is 0.242. The Labute approximate surface area is 139 Å². The SMILES string of the molecule is Cc1nnc2n1C[C@H](NCc1ccc(-c3ccc(F)cc3)o1)CC2. The number of benzene rings is 1. The van der Waals surface area contributed by atoms with E-state index in [1.807, 2.05) is 19.1 Å². The van der Waals surface area contributed by atoms with Gasteiger partial charge in [-0.3, -0.25) is 0 Å². The molecule has 1 atom stereocenters. The summed E-state index contributed by atoms with van der Waals surface area (Å²) in [6.07, 6.45) is 1.99. The van der Waals surface area contributed by atoms with E-state index >= 15 is 0 Å². The fourth-order valence-electron chi connectivity index (χ4n) is 3.12. The Morgan fingerprint density at radius 2 is 2.04 bits per heavy atom. The average Bonchev–Trinajstić information content (AvgIpc) is 3.21. The quantitative estimate of drug-likeness (QED) is 0.800. The number of hydrogen-bond donors (Lipinski definition) is 1. The highest BCUT2D eigenvalue weighted by Gasteiger charge is 2.21. The zero-order valence-electron chi connectivity index (χ0n) is 13.5. The Morgan fingerprint density at radius 1 is 1.21 bits per heavy atom. The van der Waals surface area contributed by atoms with E-state index in [4.69, 9.17) is 4.42 Å². The molecule has 0 aliphatic carbocycles. The van der Waals surface area contributed by atoms with Crippen molar-refractivity contribution in [2.75, 3.05) is 0 Å². The first-order chi connectivity index (χ1) is 11.7. The summed E-state index contributed by atoms with van der Waals surface area (Å²) in [4.78, 5) is 0. The molecule has 0 radical (unpaired) electrons. The molecule has 0 spiro atoms. The molecule has 24 heavy (non-hydrogen) atoms. The van der Waals surface area contributed by atoms with Crippen LogP contribution in [0.2, 0.25) is 0 Å². The van der Waals surface area contributed by atoms with E-state index in [9.17, 15) is 4.39 Å². The minimum Gasteiger partial charge on any atom is -0.460 e. The summed E-state index contributed by atoms with van der Waals surface area (Å²) in [5.41, 5.74) is 0.880. The highest BCUT2D eigenvalue weighted by atomic mass is 19.1. The molecular weight excluding hydrogens is 307 g/mol. The number of rotatable bonds is 4. The number of furan rings is 1. The summed E-state index contributed by atoms with van der Waals surface area (Å²) in [5.74, 6) is 3.43. The van der Waals surface area contributed by atoms with Gasteiger partial charge in [0.1, 0.15) is 29.0 Å². The second-order valence-electron chi connectivity index (χ2n) is 6.16. The number of nitrogens with one attached hydrogen (secondary N) is 1. The van der Waals surface area contributed by atoms with Gasteiger partial charge in [-0.1, -0.05) is 0 Å². The third kappa shape index (κ3) is 2.97. The Hall–Kier alpha value is -2.47. The number of aromatic nitrogens is 3. The van der Waals surface area contributed by atoms with Crippen LogP contribution in [0.25, 0.3) is 11.3 Å². The molecule has 0 fully saturated rings. The van der Waals surface area contributed by atoms with Crippen LogP contribution in [0.15, 0.2) is 40.8 Å². The summed E-state index contributed by atoms with van der Waals surface area (Å²) in [6.45, 7) is 3.54. The Balaban J connectivity index is 1.39. The van der Waals surface area contributed by atoms with Gasteiger partial charge in [0.05, 0.1) is 6.54 Å². The molecule has 5 nitrogen and oxygen atoms in total. The van der Waals surface area contributed by atoms with Gasteiger partial charge in [-0.15, -0.1) is 10.2 Å². The van der Waals surface area contributed by atoms with Gasteiger partial charge in [0.15, 0.2) is 0 Å². The number of fused-ring (bicyclic) bond motifs is 1. The number of hydrogen-bond acceptors (Lipinski definition) is 4. The van der Waals surface area contributed by atoms with Crippen molar-refractivity contribution in [2.24, 2.45) is 0 Å². The van der Waals surface area contributed by atoms with Gasteiger partial charge in [0.25, 0.3) is 0 Å². The first-order valence-corrected chi connectivity index (χ1v) is 8.16. The number of aryl methyl sites for hydroxylation is 2. The second kappa shape index (κ2) is 6.20. The van der Waals surface area contributed by atoms with E-state index in [2.05, 4.69) is 20.1 Å². The van der Waals surface area contributed by atoms with Crippen LogP contribution in [0.4, 0.5) is 4.39 Å². The van der Waals surface area contributed by atoms with Crippen LogP contribution in [-0.4, -0.2) is 20.8 Å². The lowest BCUT2D eigenvalue weighted by Gasteiger charge is -2.24. The first kappa shape index (κ1) is 15.1. The summed E-state index contributed by atoms with van der Waals surface area (Å²) >= 11 is 0. The minimum atomic E-state index is -0.242. The zero-order chi connectivity index (χ0) is 16.5. The Bertz CT molecular complexity index is 837. The van der Waals surface area contributed by atoms with Gasteiger partial charge < -0.3 is 14.3 Å². The van der Waals surface area contributed by atoms with Gasteiger partial charge in [-0.05, 0) is 49.7 Å². The van der Waals surface area contributed by atoms with Crippen molar-refractivity contribution in [3.63, 3.8) is 0 Å². The van der Waals surface area contributed by atoms with Gasteiger partial charge in [0, 0.05) is 24.6 Å². The van der Waals surface area contributed by atoms with Crippen molar-refractivity contribution >= 4 is 0 Å². The third-order valence-corrected chi connectivity index (χ3v) is 4.49. The van der Waals surface area contributed by atoms with Crippen molar-refractivity contribution in [1.82, 2.24) is 20.1 Å². The standard InChI is InChI=1S/C18H19FN4O/c1-12-21-22-18-9-6-15(11-23(12)18)20-10-16-7-8-17(24-16)13-2-4-14(19)5-3-13/h2-5,7-8,15,20H,6,9-11H2,1H3/t15-/m1/s1. The molecule has 1 aromatic carbocycles. The number of halogens is 1. The maximum atomic E-state index is 13.0. The summed E-state index contributed by atoms with van der Waals surface area (Å²) < 4.78 is 21.0. The Morgan fingerprint density at radius 3 is 2.88 bits per heavy atom. The molecule has 0 saturated heterocycles. The lowest BCUT2D eigenvalue weighted by atomic mass is 10.1. The molecule has 124 valence electrons. The molecule has 2 aromatic heterocycles. The van der Waals surface area contributed by atoms with Crippen LogP contribution in [-0.2, 0) is 19.5 Å². The van der Waals surface area contributed by atoms with Gasteiger partial charge in [0.2, 0.25) is 0 Å². The van der Waals surface area contributed by atoms with Crippen molar-refractivity contribution in [2.45, 2.75) is 38.9 Å². The first-order valence-electron chi connectivity index (χ1n) is 8.16. The largest absolute Gasteiger partial charge is 0.460 e. The monoisotopic (exact) mass is 326 g/mol. The van der Waals surface area contributed by atoms with Crippen LogP contribution in [0, 0.1) is 12.7 Å². The van der Waals surface area contributed by atoms with E-state index in [-0.39, 0.29) is 5.82 Å². The average molecular weight is 326 g/mol. The van der Waals surface area contributed by atoms with Gasteiger partial charge in [-0.2, -0.15) is 0 Å². The molecule has 0 unspecified atom stereocenters. The van der Waals surface area contributed by atoms with Gasteiger partial charge in [-0.25, -0.2) is 4.39 Å². The highest BCUT2D eigenvalue weighted by Crippen LogP contribution is 2.23. The van der Waals surface area contributed by atoms with E-state index in [0.29, 0.717) is 12.6 Å². The molecule has 3 aromatic rings. The van der Waals surface area contributed by atoms with E-state index in [1.165, 1.54) is 12.1 Å². The second-order valence-corrected chi connectivity index (χ2v) is 6.16. The molecular formula is C18H19FN4O. The lowest BCUT2D eigenvalue weighted by molar-refractivity contribution is 0.360. The van der Waals surface area contributed by atoms with E-state index in [1.54, 1.807) is 12.1 Å². The van der Waals surface area contributed by atoms with Crippen LogP contribution in [0.5, 0.6) is 0 Å². The van der Waals surface area contributed by atoms with Crippen LogP contribution >= 0.6 is 0 Å². The van der Waals surface area contributed by atoms with Crippen LogP contribution in [0.1, 0.15) is 23.8 Å². The molecule has 0 bridgehead atoms. The molecule has 4 rings (SSSR count). The fraction of sp³-hybridized carbons (Fsp3) is 0.333. The normalized spacial score (nSPS) is 17.0. The zero-order valence-corrected chi connectivity index (χ0v) is 13.5. The van der Waals surface area contributed by atoms with E-state index < -0.39 is 0 Å². The summed E-state index contributed by atoms with van der Waals surface area (Å²) in [5, 5.41) is 11.9. The van der Waals surface area contributed by atoms with Gasteiger partial charge >= 0.3 is 0 Å². The van der Waals surface area contributed by atoms with E-state index in [0.717, 1.165) is 48.1 Å². The molecule has 3 heterocycles. The lowest BCUT2D eigenvalue weighted by Crippen LogP contribution is -2.37. The maximum Gasteiger partial charge on any atom is 0.134 e. The fourth-order valence-corrected chi connectivity index (χ4v) is 3.12. The van der Waals surface area contributed by atoms with Crippen molar-refractivity contribution in [3.8, 4) is 11.3 Å². The van der Waals surface area contributed by atoms with Crippen molar-refractivity contribution in [3.05, 3.63) is 59.6 Å². The number of nitrogens with zero attached hydrogens (tertiary/aromatic N) is 3. The maximum absolute atomic E-state index is 13.0. The van der Waals surface area contributed by atoms with Crippen molar-refractivity contribution in [1.29, 1.82) is 0 Å². The Kier molecular flexibility index (Phi) is 3.90.